The van der Waals surface area contributed by atoms with Gasteiger partial charge in [-0.3, -0.25) is 14.3 Å². The van der Waals surface area contributed by atoms with Gasteiger partial charge in [0.05, 0.1) is 18.5 Å². The first-order valence-electron chi connectivity index (χ1n) is 14.3. The van der Waals surface area contributed by atoms with Crippen LogP contribution in [0.15, 0.2) is 65.7 Å². The number of hydrogen-bond acceptors (Lipinski definition) is 7. The Labute approximate surface area is 250 Å². The number of H-pyrrole nitrogens is 1. The number of sulfonamides is 1. The van der Waals surface area contributed by atoms with Gasteiger partial charge in [0.2, 0.25) is 10.0 Å². The van der Waals surface area contributed by atoms with Crippen LogP contribution in [0.3, 0.4) is 0 Å². The minimum Gasteiger partial charge on any atom is -0.457 e. The molecule has 5 rings (SSSR count). The molecule has 1 amide bonds. The van der Waals surface area contributed by atoms with Gasteiger partial charge in [-0.15, -0.1) is 0 Å². The number of nitrogens with one attached hydrogen (secondary N) is 3. The molecule has 0 saturated carbocycles. The largest absolute Gasteiger partial charge is 0.457 e. The predicted molar refractivity (Wildman–Crippen MR) is 167 cm³/mol. The van der Waals surface area contributed by atoms with Gasteiger partial charge in [-0.2, -0.15) is 0 Å². The van der Waals surface area contributed by atoms with Crippen LogP contribution >= 0.6 is 0 Å². The number of hydrogen-bond donors (Lipinski definition) is 3. The smallest absolute Gasteiger partial charge is 0.274 e. The number of piperidine rings is 1. The Morgan fingerprint density at radius 2 is 1.91 bits per heavy atom. The molecule has 0 aliphatic carbocycles. The first-order valence-corrected chi connectivity index (χ1v) is 16.0. The van der Waals surface area contributed by atoms with Crippen LogP contribution in [0, 0.1) is 0 Å². The molecule has 11 nitrogen and oxygen atoms in total. The highest BCUT2D eigenvalue weighted by molar-refractivity contribution is 7.92. The highest BCUT2D eigenvalue weighted by atomic mass is 32.2. The van der Waals surface area contributed by atoms with Gasteiger partial charge in [-0.25, -0.2) is 8.42 Å². The van der Waals surface area contributed by atoms with Crippen LogP contribution in [0.4, 0.5) is 5.69 Å². The molecule has 1 saturated heterocycles. The third-order valence-electron chi connectivity index (χ3n) is 7.54. The standard InChI is InChI=1S/C31H37N5O6S/c1-4-43(39,40)34-22-8-9-28(26(19-22)27-20-36(3)31(38)29-25(27)12-15-33-29)42-24-7-5-6-21(18-24)30(37)35(2)16-17-41-23-10-13-32-14-11-23/h5-9,12,15,18-20,23,32-34H,4,10-11,13-14,16-17H2,1-3H3. The van der Waals surface area contributed by atoms with E-state index < -0.39 is 10.0 Å². The van der Waals surface area contributed by atoms with Crippen molar-refractivity contribution in [2.45, 2.75) is 25.9 Å². The minimum absolute atomic E-state index is 0.0814. The molecule has 0 radical (unpaired) electrons. The van der Waals surface area contributed by atoms with Gasteiger partial charge in [-0.05, 0) is 75.3 Å². The molecule has 43 heavy (non-hydrogen) atoms. The van der Waals surface area contributed by atoms with Gasteiger partial charge in [0, 0.05) is 60.8 Å². The lowest BCUT2D eigenvalue weighted by Crippen LogP contribution is -2.35. The number of benzene rings is 2. The number of aromatic nitrogens is 2. The Morgan fingerprint density at radius 1 is 1.12 bits per heavy atom. The van der Waals surface area contributed by atoms with Crippen LogP contribution in [0.2, 0.25) is 0 Å². The molecule has 0 spiro atoms. The van der Waals surface area contributed by atoms with Gasteiger partial charge in [-0.1, -0.05) is 6.07 Å². The Balaban J connectivity index is 1.42. The van der Waals surface area contributed by atoms with Crippen molar-refractivity contribution in [1.82, 2.24) is 19.8 Å². The van der Waals surface area contributed by atoms with Gasteiger partial charge in [0.15, 0.2) is 0 Å². The van der Waals surface area contributed by atoms with E-state index in [0.717, 1.165) is 25.9 Å². The van der Waals surface area contributed by atoms with Gasteiger partial charge >= 0.3 is 0 Å². The molecule has 1 aliphatic heterocycles. The molecular formula is C31H37N5O6S. The zero-order valence-corrected chi connectivity index (χ0v) is 25.4. The molecule has 2 aromatic carbocycles. The van der Waals surface area contributed by atoms with Crippen molar-refractivity contribution in [3.8, 4) is 22.6 Å². The third kappa shape index (κ3) is 7.10. The van der Waals surface area contributed by atoms with E-state index in [9.17, 15) is 18.0 Å². The Kier molecular flexibility index (Phi) is 9.19. The average molecular weight is 608 g/mol. The van der Waals surface area contributed by atoms with Crippen molar-refractivity contribution in [3.05, 3.63) is 76.8 Å². The van der Waals surface area contributed by atoms with Crippen LogP contribution < -0.4 is 20.3 Å². The molecule has 0 unspecified atom stereocenters. The first kappa shape index (κ1) is 30.3. The Bertz CT molecular complexity index is 1770. The topological polar surface area (TPSA) is 135 Å². The molecule has 0 bridgehead atoms. The van der Waals surface area contributed by atoms with E-state index >= 15 is 0 Å². The van der Waals surface area contributed by atoms with Crippen molar-refractivity contribution in [3.63, 3.8) is 0 Å². The fourth-order valence-corrected chi connectivity index (χ4v) is 5.72. The summed E-state index contributed by atoms with van der Waals surface area (Å²) in [5, 5.41) is 3.98. The van der Waals surface area contributed by atoms with Crippen LogP contribution in [-0.2, 0) is 21.8 Å². The zero-order chi connectivity index (χ0) is 30.6. The number of likely N-dealkylation sites (N-methyl/N-ethyl adjacent to an activating group) is 1. The number of carbonyl (C=O) groups excluding carboxylic acids is 1. The number of aryl methyl sites for hydroxylation is 1. The molecule has 3 N–H and O–H groups in total. The molecule has 4 aromatic rings. The summed E-state index contributed by atoms with van der Waals surface area (Å²) >= 11 is 0. The molecule has 2 aromatic heterocycles. The van der Waals surface area contributed by atoms with Crippen molar-refractivity contribution in [1.29, 1.82) is 0 Å². The predicted octanol–water partition coefficient (Wildman–Crippen LogP) is 3.93. The second-order valence-corrected chi connectivity index (χ2v) is 12.6. The van der Waals surface area contributed by atoms with E-state index in [1.807, 2.05) is 0 Å². The number of rotatable bonds is 11. The number of pyridine rings is 1. The maximum absolute atomic E-state index is 13.2. The molecule has 3 heterocycles. The highest BCUT2D eigenvalue weighted by Crippen LogP contribution is 2.38. The lowest BCUT2D eigenvalue weighted by atomic mass is 10.0. The molecule has 1 aliphatic rings. The second-order valence-electron chi connectivity index (χ2n) is 10.6. The summed E-state index contributed by atoms with van der Waals surface area (Å²) in [7, 11) is -0.133. The average Bonchev–Trinajstić information content (AvgIpc) is 3.50. The van der Waals surface area contributed by atoms with Gasteiger partial charge < -0.3 is 29.2 Å². The Hall–Kier alpha value is -4.13. The van der Waals surface area contributed by atoms with Crippen LogP contribution in [0.25, 0.3) is 22.0 Å². The SMILES string of the molecule is CCS(=O)(=O)Nc1ccc(Oc2cccc(C(=O)N(C)CCOC3CCNCC3)c2)c(-c2cn(C)c(=O)c3[nH]ccc23)c1. The minimum atomic E-state index is -3.53. The number of ether oxygens (including phenoxy) is 2. The highest BCUT2D eigenvalue weighted by Gasteiger charge is 2.19. The molecule has 1 fully saturated rings. The van der Waals surface area contributed by atoms with Gasteiger partial charge in [0.1, 0.15) is 17.0 Å². The number of amides is 1. The third-order valence-corrected chi connectivity index (χ3v) is 8.85. The Morgan fingerprint density at radius 3 is 2.67 bits per heavy atom. The first-order chi connectivity index (χ1) is 20.6. The number of carbonyl (C=O) groups is 1. The van der Waals surface area contributed by atoms with Crippen molar-refractivity contribution >= 4 is 32.5 Å². The number of aromatic amines is 1. The lowest BCUT2D eigenvalue weighted by Gasteiger charge is -2.24. The molecule has 228 valence electrons. The van der Waals surface area contributed by atoms with E-state index in [1.54, 1.807) is 86.8 Å². The zero-order valence-electron chi connectivity index (χ0n) is 24.6. The lowest BCUT2D eigenvalue weighted by molar-refractivity contribution is 0.0222. The molecule has 0 atom stereocenters. The normalized spacial score (nSPS) is 14.1. The van der Waals surface area contributed by atoms with Crippen molar-refractivity contribution in [2.24, 2.45) is 7.05 Å². The summed E-state index contributed by atoms with van der Waals surface area (Å²) in [5.41, 5.74) is 2.30. The second kappa shape index (κ2) is 13.0. The number of anilines is 1. The quantitative estimate of drug-likeness (QED) is 0.235. The van der Waals surface area contributed by atoms with E-state index in [0.29, 0.717) is 57.9 Å². The van der Waals surface area contributed by atoms with E-state index in [2.05, 4.69) is 15.0 Å². The summed E-state index contributed by atoms with van der Waals surface area (Å²) in [5.74, 6) is 0.621. The maximum atomic E-state index is 13.2. The number of fused-ring (bicyclic) bond motifs is 1. The summed E-state index contributed by atoms with van der Waals surface area (Å²) < 4.78 is 41.0. The van der Waals surface area contributed by atoms with Crippen LogP contribution in [0.1, 0.15) is 30.1 Å². The summed E-state index contributed by atoms with van der Waals surface area (Å²) in [6.45, 7) is 4.39. The summed E-state index contributed by atoms with van der Waals surface area (Å²) in [4.78, 5) is 30.5. The molecule has 12 heteroatoms. The number of nitrogens with zero attached hydrogens (tertiary/aromatic N) is 2. The fraction of sp³-hybridized carbons (Fsp3) is 0.355. The van der Waals surface area contributed by atoms with E-state index in [-0.39, 0.29) is 23.3 Å². The van der Waals surface area contributed by atoms with E-state index in [1.165, 1.54) is 4.57 Å². The summed E-state index contributed by atoms with van der Waals surface area (Å²) in [6.07, 6.45) is 5.54. The summed E-state index contributed by atoms with van der Waals surface area (Å²) in [6, 6.07) is 13.7. The van der Waals surface area contributed by atoms with Crippen molar-refractivity contribution < 1.29 is 22.7 Å². The van der Waals surface area contributed by atoms with E-state index in [4.69, 9.17) is 9.47 Å². The fourth-order valence-electron chi connectivity index (χ4n) is 5.09. The molecular weight excluding hydrogens is 570 g/mol. The van der Waals surface area contributed by atoms with Gasteiger partial charge in [0.25, 0.3) is 11.5 Å². The van der Waals surface area contributed by atoms with Crippen LogP contribution in [-0.4, -0.2) is 73.9 Å². The van der Waals surface area contributed by atoms with Crippen molar-refractivity contribution in [2.75, 3.05) is 43.8 Å². The monoisotopic (exact) mass is 607 g/mol. The maximum Gasteiger partial charge on any atom is 0.274 e. The van der Waals surface area contributed by atoms with Crippen LogP contribution in [0.5, 0.6) is 11.5 Å².